The average Bonchev–Trinajstić information content (AvgIpc) is 2.07. The van der Waals surface area contributed by atoms with Gasteiger partial charge < -0.3 is 10.6 Å². The first-order valence-electron chi connectivity index (χ1n) is 4.72. The Morgan fingerprint density at radius 1 is 1.29 bits per heavy atom. The molecular formula is C11H17ClN2. The van der Waals surface area contributed by atoms with Crippen molar-refractivity contribution in [2.75, 3.05) is 20.6 Å². The summed E-state index contributed by atoms with van der Waals surface area (Å²) in [5, 5.41) is 0.773. The Balaban J connectivity index is 2.47. The highest BCUT2D eigenvalue weighted by atomic mass is 35.5. The molecule has 78 valence electrons. The fraction of sp³-hybridized carbons (Fsp3) is 0.455. The van der Waals surface area contributed by atoms with Crippen LogP contribution in [0.15, 0.2) is 24.3 Å². The van der Waals surface area contributed by atoms with Crippen LogP contribution in [0.2, 0.25) is 5.02 Å². The third-order valence-electron chi connectivity index (χ3n) is 2.01. The predicted molar refractivity (Wildman–Crippen MR) is 61.7 cm³/mol. The molecule has 0 aliphatic rings. The van der Waals surface area contributed by atoms with E-state index in [1.54, 1.807) is 0 Å². The summed E-state index contributed by atoms with van der Waals surface area (Å²) in [6, 6.07) is 8.04. The second kappa shape index (κ2) is 5.35. The van der Waals surface area contributed by atoms with Gasteiger partial charge in [0.25, 0.3) is 0 Å². The first kappa shape index (κ1) is 11.5. The summed E-state index contributed by atoms with van der Waals surface area (Å²) in [5.74, 6) is 0. The van der Waals surface area contributed by atoms with E-state index in [4.69, 9.17) is 17.3 Å². The fourth-order valence-corrected chi connectivity index (χ4v) is 1.58. The molecule has 0 fully saturated rings. The van der Waals surface area contributed by atoms with Gasteiger partial charge >= 0.3 is 0 Å². The van der Waals surface area contributed by atoms with Gasteiger partial charge in [-0.25, -0.2) is 0 Å². The SMILES string of the molecule is CN(C)CC(N)Cc1ccc(Cl)cc1. The van der Waals surface area contributed by atoms with E-state index in [-0.39, 0.29) is 6.04 Å². The molecule has 1 atom stereocenters. The van der Waals surface area contributed by atoms with Crippen molar-refractivity contribution in [2.45, 2.75) is 12.5 Å². The number of halogens is 1. The van der Waals surface area contributed by atoms with Crippen LogP contribution in [0.5, 0.6) is 0 Å². The smallest absolute Gasteiger partial charge is 0.0406 e. The Labute approximate surface area is 90.7 Å². The van der Waals surface area contributed by atoms with E-state index < -0.39 is 0 Å². The van der Waals surface area contributed by atoms with E-state index in [2.05, 4.69) is 4.90 Å². The average molecular weight is 213 g/mol. The van der Waals surface area contributed by atoms with E-state index in [0.717, 1.165) is 18.0 Å². The van der Waals surface area contributed by atoms with Crippen molar-refractivity contribution in [3.05, 3.63) is 34.9 Å². The quantitative estimate of drug-likeness (QED) is 0.825. The summed E-state index contributed by atoms with van der Waals surface area (Å²) >= 11 is 5.79. The van der Waals surface area contributed by atoms with E-state index in [1.165, 1.54) is 5.56 Å². The summed E-state index contributed by atoms with van der Waals surface area (Å²) in [6.45, 7) is 0.905. The van der Waals surface area contributed by atoms with Gasteiger partial charge in [-0.3, -0.25) is 0 Å². The van der Waals surface area contributed by atoms with Gasteiger partial charge in [-0.05, 0) is 38.2 Å². The molecule has 0 aromatic heterocycles. The highest BCUT2D eigenvalue weighted by Gasteiger charge is 2.04. The molecule has 3 heteroatoms. The normalized spacial score (nSPS) is 13.2. The highest BCUT2D eigenvalue weighted by molar-refractivity contribution is 6.30. The minimum absolute atomic E-state index is 0.186. The molecule has 0 amide bonds. The van der Waals surface area contributed by atoms with E-state index in [1.807, 2.05) is 38.4 Å². The number of likely N-dealkylation sites (N-methyl/N-ethyl adjacent to an activating group) is 1. The third kappa shape index (κ3) is 4.09. The van der Waals surface area contributed by atoms with Gasteiger partial charge in [0.05, 0.1) is 0 Å². The van der Waals surface area contributed by atoms with Crippen LogP contribution in [0.4, 0.5) is 0 Å². The van der Waals surface area contributed by atoms with Crippen molar-refractivity contribution < 1.29 is 0 Å². The summed E-state index contributed by atoms with van der Waals surface area (Å²) in [7, 11) is 4.06. The maximum absolute atomic E-state index is 5.97. The van der Waals surface area contributed by atoms with Crippen LogP contribution in [0.25, 0.3) is 0 Å². The van der Waals surface area contributed by atoms with E-state index in [0.29, 0.717) is 0 Å². The molecule has 1 rings (SSSR count). The zero-order chi connectivity index (χ0) is 10.6. The highest BCUT2D eigenvalue weighted by Crippen LogP contribution is 2.10. The minimum Gasteiger partial charge on any atom is -0.326 e. The number of nitrogens with two attached hydrogens (primary N) is 1. The summed E-state index contributed by atoms with van der Waals surface area (Å²) in [5.41, 5.74) is 7.21. The number of hydrogen-bond acceptors (Lipinski definition) is 2. The number of rotatable bonds is 4. The van der Waals surface area contributed by atoms with Crippen LogP contribution in [0, 0.1) is 0 Å². The van der Waals surface area contributed by atoms with Crippen LogP contribution in [-0.2, 0) is 6.42 Å². The molecule has 2 N–H and O–H groups in total. The molecule has 0 saturated heterocycles. The zero-order valence-corrected chi connectivity index (χ0v) is 9.46. The standard InChI is InChI=1S/C11H17ClN2/c1-14(2)8-11(13)7-9-3-5-10(12)6-4-9/h3-6,11H,7-8,13H2,1-2H3. The molecule has 1 aromatic rings. The van der Waals surface area contributed by atoms with E-state index in [9.17, 15) is 0 Å². The Kier molecular flexibility index (Phi) is 4.39. The Morgan fingerprint density at radius 3 is 2.36 bits per heavy atom. The molecule has 0 aliphatic carbocycles. The van der Waals surface area contributed by atoms with Crippen LogP contribution in [0.3, 0.4) is 0 Å². The van der Waals surface area contributed by atoms with Gasteiger partial charge in [0.15, 0.2) is 0 Å². The van der Waals surface area contributed by atoms with Gasteiger partial charge in [-0.2, -0.15) is 0 Å². The third-order valence-corrected chi connectivity index (χ3v) is 2.26. The van der Waals surface area contributed by atoms with Gasteiger partial charge in [-0.15, -0.1) is 0 Å². The number of nitrogens with zero attached hydrogens (tertiary/aromatic N) is 1. The fourth-order valence-electron chi connectivity index (χ4n) is 1.46. The van der Waals surface area contributed by atoms with Crippen molar-refractivity contribution in [3.8, 4) is 0 Å². The maximum Gasteiger partial charge on any atom is 0.0406 e. The van der Waals surface area contributed by atoms with Crippen molar-refractivity contribution >= 4 is 11.6 Å². The van der Waals surface area contributed by atoms with Gasteiger partial charge in [0, 0.05) is 17.6 Å². The lowest BCUT2D eigenvalue weighted by atomic mass is 10.1. The first-order chi connectivity index (χ1) is 6.58. The Bertz CT molecular complexity index is 269. The Morgan fingerprint density at radius 2 is 1.86 bits per heavy atom. The molecular weight excluding hydrogens is 196 g/mol. The molecule has 0 bridgehead atoms. The Hall–Kier alpha value is -0.570. The molecule has 1 aromatic carbocycles. The molecule has 0 heterocycles. The number of hydrogen-bond donors (Lipinski definition) is 1. The second-order valence-electron chi connectivity index (χ2n) is 3.85. The molecule has 0 aliphatic heterocycles. The van der Waals surface area contributed by atoms with Gasteiger partial charge in [0.2, 0.25) is 0 Å². The lowest BCUT2D eigenvalue weighted by Gasteiger charge is -2.16. The summed E-state index contributed by atoms with van der Waals surface area (Å²) in [4.78, 5) is 2.10. The lowest BCUT2D eigenvalue weighted by Crippen LogP contribution is -2.34. The summed E-state index contributed by atoms with van der Waals surface area (Å²) < 4.78 is 0. The first-order valence-corrected chi connectivity index (χ1v) is 5.10. The topological polar surface area (TPSA) is 29.3 Å². The van der Waals surface area contributed by atoms with Gasteiger partial charge in [-0.1, -0.05) is 23.7 Å². The van der Waals surface area contributed by atoms with Crippen LogP contribution >= 0.6 is 11.6 Å². The number of benzene rings is 1. The van der Waals surface area contributed by atoms with E-state index >= 15 is 0 Å². The van der Waals surface area contributed by atoms with Crippen molar-refractivity contribution in [1.82, 2.24) is 4.90 Å². The zero-order valence-electron chi connectivity index (χ0n) is 8.70. The minimum atomic E-state index is 0.186. The molecule has 14 heavy (non-hydrogen) atoms. The maximum atomic E-state index is 5.97. The van der Waals surface area contributed by atoms with Crippen LogP contribution in [-0.4, -0.2) is 31.6 Å². The van der Waals surface area contributed by atoms with Gasteiger partial charge in [0.1, 0.15) is 0 Å². The second-order valence-corrected chi connectivity index (χ2v) is 4.29. The molecule has 0 radical (unpaired) electrons. The molecule has 2 nitrogen and oxygen atoms in total. The predicted octanol–water partition coefficient (Wildman–Crippen LogP) is 1.77. The van der Waals surface area contributed by atoms with Crippen molar-refractivity contribution in [2.24, 2.45) is 5.73 Å². The van der Waals surface area contributed by atoms with Crippen LogP contribution < -0.4 is 5.73 Å². The molecule has 0 spiro atoms. The largest absolute Gasteiger partial charge is 0.326 e. The molecule has 0 saturated carbocycles. The van der Waals surface area contributed by atoms with Crippen molar-refractivity contribution in [3.63, 3.8) is 0 Å². The summed E-state index contributed by atoms with van der Waals surface area (Å²) in [6.07, 6.45) is 0.898. The molecule has 1 unspecified atom stereocenters. The van der Waals surface area contributed by atoms with Crippen LogP contribution in [0.1, 0.15) is 5.56 Å². The van der Waals surface area contributed by atoms with Crippen molar-refractivity contribution in [1.29, 1.82) is 0 Å². The lowest BCUT2D eigenvalue weighted by molar-refractivity contribution is 0.371. The monoisotopic (exact) mass is 212 g/mol.